The van der Waals surface area contributed by atoms with Crippen LogP contribution in [0.25, 0.3) is 0 Å². The van der Waals surface area contributed by atoms with E-state index in [2.05, 4.69) is 0 Å². The number of sulfonamides is 1. The molecule has 3 aromatic carbocycles. The number of halogens is 3. The Morgan fingerprint density at radius 1 is 1.02 bits per heavy atom. The van der Waals surface area contributed by atoms with Gasteiger partial charge in [-0.25, -0.2) is 12.8 Å². The van der Waals surface area contributed by atoms with Gasteiger partial charge in [0.1, 0.15) is 24.3 Å². The van der Waals surface area contributed by atoms with Gasteiger partial charge < -0.3 is 14.4 Å². The van der Waals surface area contributed by atoms with Gasteiger partial charge in [-0.1, -0.05) is 66.5 Å². The van der Waals surface area contributed by atoms with E-state index >= 15 is 4.39 Å². The zero-order valence-corrected chi connectivity index (χ0v) is 25.2. The zero-order chi connectivity index (χ0) is 30.0. The number of hydrogen-bond acceptors (Lipinski definition) is 5. The molecule has 11 heteroatoms. The first-order chi connectivity index (χ1) is 20.1. The quantitative estimate of drug-likeness (QED) is 0.225. The largest absolute Gasteiger partial charge is 0.357 e. The predicted molar refractivity (Wildman–Crippen MR) is 161 cm³/mol. The summed E-state index contributed by atoms with van der Waals surface area (Å²) < 4.78 is 49.9. The number of amides is 1. The summed E-state index contributed by atoms with van der Waals surface area (Å²) in [7, 11) is -3.91. The Labute approximate surface area is 255 Å². The third-order valence-corrected chi connectivity index (χ3v) is 10.5. The third-order valence-electron chi connectivity index (χ3n) is 7.74. The highest BCUT2D eigenvalue weighted by molar-refractivity contribution is 7.93. The molecular weight excluding hydrogens is 602 g/mol. The summed E-state index contributed by atoms with van der Waals surface area (Å²) in [6.45, 7) is 1.67. The summed E-state index contributed by atoms with van der Waals surface area (Å²) >= 11 is 12.6. The molecule has 0 aromatic heterocycles. The maximum atomic E-state index is 15.1. The van der Waals surface area contributed by atoms with Crippen molar-refractivity contribution in [2.24, 2.45) is 0 Å². The Morgan fingerprint density at radius 3 is 2.36 bits per heavy atom. The van der Waals surface area contributed by atoms with Crippen molar-refractivity contribution in [1.82, 2.24) is 4.90 Å². The lowest BCUT2D eigenvalue weighted by Gasteiger charge is -2.48. The topological polar surface area (TPSA) is 84.0 Å². The predicted octanol–water partition coefficient (Wildman–Crippen LogP) is 6.51. The summed E-state index contributed by atoms with van der Waals surface area (Å²) in [5.41, 5.74) is 1.31. The van der Waals surface area contributed by atoms with E-state index in [0.29, 0.717) is 46.7 Å². The number of hydrogen-bond donors (Lipinski definition) is 0. The molecule has 5 rings (SSSR count). The minimum Gasteiger partial charge on any atom is -0.357 e. The van der Waals surface area contributed by atoms with Crippen molar-refractivity contribution in [2.45, 2.75) is 62.1 Å². The van der Waals surface area contributed by atoms with E-state index < -0.39 is 51.3 Å². The number of rotatable bonds is 11. The van der Waals surface area contributed by atoms with Crippen LogP contribution in [0.15, 0.2) is 72.8 Å². The molecule has 1 heterocycles. The summed E-state index contributed by atoms with van der Waals surface area (Å²) in [5, 5.41) is 0.360. The van der Waals surface area contributed by atoms with Crippen LogP contribution in [0.1, 0.15) is 55.9 Å². The molecule has 1 amide bonds. The van der Waals surface area contributed by atoms with E-state index in [0.717, 1.165) is 4.31 Å². The Bertz CT molecular complexity index is 1550. The van der Waals surface area contributed by atoms with E-state index in [9.17, 15) is 18.0 Å². The highest BCUT2D eigenvalue weighted by Crippen LogP contribution is 2.45. The molecule has 1 saturated heterocycles. The van der Waals surface area contributed by atoms with Gasteiger partial charge >= 0.3 is 0 Å². The molecule has 2 fully saturated rings. The molecular formula is C31H31Cl2FN2O5S. The Balaban J connectivity index is 1.65. The van der Waals surface area contributed by atoms with Gasteiger partial charge in [-0.15, -0.1) is 0 Å². The van der Waals surface area contributed by atoms with Crippen LogP contribution in [0.2, 0.25) is 10.0 Å². The molecule has 42 heavy (non-hydrogen) atoms. The van der Waals surface area contributed by atoms with Gasteiger partial charge in [0.25, 0.3) is 5.91 Å². The molecule has 1 aliphatic carbocycles. The van der Waals surface area contributed by atoms with E-state index in [1.165, 1.54) is 18.2 Å². The number of carbonyl (C=O) groups is 2. The highest BCUT2D eigenvalue weighted by Gasteiger charge is 2.48. The van der Waals surface area contributed by atoms with E-state index in [1.807, 2.05) is 13.0 Å². The first-order valence-corrected chi connectivity index (χ1v) is 16.1. The maximum absolute atomic E-state index is 15.1. The Hall–Kier alpha value is -2.98. The van der Waals surface area contributed by atoms with Gasteiger partial charge in [0, 0.05) is 16.5 Å². The van der Waals surface area contributed by atoms with Gasteiger partial charge in [-0.3, -0.25) is 9.10 Å². The van der Waals surface area contributed by atoms with E-state index in [1.54, 1.807) is 53.4 Å². The Morgan fingerprint density at radius 2 is 1.74 bits per heavy atom. The highest BCUT2D eigenvalue weighted by atomic mass is 35.5. The summed E-state index contributed by atoms with van der Waals surface area (Å²) in [6, 6.07) is 18.4. The number of anilines is 1. The van der Waals surface area contributed by atoms with Crippen LogP contribution in [-0.2, 0) is 24.3 Å². The first kappa shape index (κ1) is 30.5. The maximum Gasteiger partial charge on any atom is 0.253 e. The number of nitrogens with zero attached hydrogens (tertiary/aromatic N) is 2. The molecule has 1 aliphatic heterocycles. The van der Waals surface area contributed by atoms with Crippen molar-refractivity contribution < 1.29 is 27.1 Å². The average Bonchev–Trinajstić information content (AvgIpc) is 3.83. The molecule has 0 unspecified atom stereocenters. The van der Waals surface area contributed by atoms with Crippen LogP contribution in [0.4, 0.5) is 10.1 Å². The molecule has 3 aromatic rings. The summed E-state index contributed by atoms with van der Waals surface area (Å²) in [6.07, 6.45) is -0.0828. The van der Waals surface area contributed by atoms with Crippen LogP contribution in [0, 0.1) is 5.82 Å². The first-order valence-electron chi connectivity index (χ1n) is 13.8. The second-order valence-corrected chi connectivity index (χ2v) is 13.5. The summed E-state index contributed by atoms with van der Waals surface area (Å²) in [5.74, 6) is -1.13. The SMILES string of the molecule is CC[C@H](CN(c1ccccc1F)S(=O)(=O)C1CC1)N1C(=O)[C@@H](CC=O)O[C@H](c2cccc(Cl)c2)[C@H]1c1ccc(Cl)cc1. The molecule has 0 N–H and O–H groups in total. The monoisotopic (exact) mass is 632 g/mol. The van der Waals surface area contributed by atoms with Crippen molar-refractivity contribution in [2.75, 3.05) is 10.8 Å². The van der Waals surface area contributed by atoms with Crippen LogP contribution in [0.5, 0.6) is 0 Å². The standard InChI is InChI=1S/C31H31Cl2FN2O5S/c1-2-24(19-35(42(39,40)25-14-15-25)27-9-4-3-8-26(27)34)36-29(20-10-12-22(32)13-11-20)30(21-6-5-7-23(33)18-21)41-28(16-17-37)31(36)38/h3-13,17-18,24-25,28-30H,2,14-16,19H2,1H3/t24-,28-,29-,30-/m1/s1. The number of para-hydroxylation sites is 1. The molecule has 0 spiro atoms. The summed E-state index contributed by atoms with van der Waals surface area (Å²) in [4.78, 5) is 27.4. The number of aldehydes is 1. The third kappa shape index (κ3) is 6.20. The van der Waals surface area contributed by atoms with Gasteiger partial charge in [0.15, 0.2) is 0 Å². The second-order valence-electron chi connectivity index (χ2n) is 10.5. The van der Waals surface area contributed by atoms with Crippen LogP contribution in [-0.4, -0.2) is 49.5 Å². The minimum absolute atomic E-state index is 0.0672. The van der Waals surface area contributed by atoms with Crippen LogP contribution < -0.4 is 4.31 Å². The zero-order valence-electron chi connectivity index (χ0n) is 22.9. The molecule has 4 atom stereocenters. The van der Waals surface area contributed by atoms with Gasteiger partial charge in [-0.05, 0) is 66.8 Å². The van der Waals surface area contributed by atoms with Crippen molar-refractivity contribution in [3.63, 3.8) is 0 Å². The molecule has 7 nitrogen and oxygen atoms in total. The van der Waals surface area contributed by atoms with Crippen molar-refractivity contribution in [3.05, 3.63) is 99.8 Å². The van der Waals surface area contributed by atoms with Gasteiger partial charge in [0.05, 0.1) is 29.6 Å². The fraction of sp³-hybridized carbons (Fsp3) is 0.355. The van der Waals surface area contributed by atoms with E-state index in [-0.39, 0.29) is 18.7 Å². The second kappa shape index (κ2) is 12.7. The lowest BCUT2D eigenvalue weighted by molar-refractivity contribution is -0.180. The molecule has 2 aliphatic rings. The number of benzene rings is 3. The molecule has 0 bridgehead atoms. The smallest absolute Gasteiger partial charge is 0.253 e. The van der Waals surface area contributed by atoms with Crippen molar-refractivity contribution in [1.29, 1.82) is 0 Å². The number of morpholine rings is 1. The number of ether oxygens (including phenoxy) is 1. The van der Waals surface area contributed by atoms with Gasteiger partial charge in [-0.2, -0.15) is 0 Å². The lowest BCUT2D eigenvalue weighted by Crippen LogP contribution is -2.58. The average molecular weight is 634 g/mol. The number of carbonyl (C=O) groups excluding carboxylic acids is 2. The fourth-order valence-corrected chi connectivity index (χ4v) is 7.71. The lowest BCUT2D eigenvalue weighted by atomic mass is 9.89. The molecule has 222 valence electrons. The Kier molecular flexibility index (Phi) is 9.23. The normalized spacial score (nSPS) is 21.7. The van der Waals surface area contributed by atoms with Crippen LogP contribution >= 0.6 is 23.2 Å². The van der Waals surface area contributed by atoms with E-state index in [4.69, 9.17) is 27.9 Å². The fourth-order valence-electron chi connectivity index (χ4n) is 5.49. The minimum atomic E-state index is -3.91. The molecule has 0 radical (unpaired) electrons. The van der Waals surface area contributed by atoms with Crippen molar-refractivity contribution in [3.8, 4) is 0 Å². The van der Waals surface area contributed by atoms with Crippen molar-refractivity contribution >= 4 is 51.1 Å². The van der Waals surface area contributed by atoms with Crippen LogP contribution in [0.3, 0.4) is 0 Å². The molecule has 1 saturated carbocycles. The van der Waals surface area contributed by atoms with Gasteiger partial charge in [0.2, 0.25) is 10.0 Å².